The molecule has 5 nitrogen and oxygen atoms in total. The zero-order valence-electron chi connectivity index (χ0n) is 13.7. The largest absolute Gasteiger partial charge is 0.268 e. The van der Waals surface area contributed by atoms with Gasteiger partial charge in [-0.15, -0.1) is 10.2 Å². The SMILES string of the molecule is CCc1ccc(-n2c(=O)c3ccccc3n3c(CC)nnc23)cc1. The number of nitrogens with zero attached hydrogens (tertiary/aromatic N) is 4. The first kappa shape index (κ1) is 14.6. The van der Waals surface area contributed by atoms with E-state index in [1.165, 1.54) is 5.56 Å². The lowest BCUT2D eigenvalue weighted by molar-refractivity contribution is 0.917. The van der Waals surface area contributed by atoms with Crippen LogP contribution in [0, 0.1) is 0 Å². The summed E-state index contributed by atoms with van der Waals surface area (Å²) in [6.45, 7) is 4.15. The van der Waals surface area contributed by atoms with Crippen molar-refractivity contribution in [2.45, 2.75) is 26.7 Å². The van der Waals surface area contributed by atoms with E-state index in [2.05, 4.69) is 17.1 Å². The Balaban J connectivity index is 2.15. The minimum Gasteiger partial charge on any atom is -0.268 e. The maximum Gasteiger partial charge on any atom is 0.267 e. The predicted molar refractivity (Wildman–Crippen MR) is 94.8 cm³/mol. The van der Waals surface area contributed by atoms with E-state index in [1.807, 2.05) is 59.9 Å². The third-order valence-electron chi connectivity index (χ3n) is 4.41. The third kappa shape index (κ3) is 2.05. The summed E-state index contributed by atoms with van der Waals surface area (Å²) in [7, 11) is 0. The zero-order chi connectivity index (χ0) is 16.7. The van der Waals surface area contributed by atoms with Crippen molar-refractivity contribution in [3.05, 3.63) is 70.3 Å². The summed E-state index contributed by atoms with van der Waals surface area (Å²) < 4.78 is 3.62. The monoisotopic (exact) mass is 318 g/mol. The Morgan fingerprint density at radius 1 is 0.917 bits per heavy atom. The molecule has 0 N–H and O–H groups in total. The highest BCUT2D eigenvalue weighted by molar-refractivity contribution is 5.81. The van der Waals surface area contributed by atoms with Crippen LogP contribution in [0.1, 0.15) is 25.2 Å². The van der Waals surface area contributed by atoms with Crippen molar-refractivity contribution in [3.63, 3.8) is 0 Å². The minimum absolute atomic E-state index is 0.0719. The fraction of sp³-hybridized carbons (Fsp3) is 0.211. The Hall–Kier alpha value is -2.95. The van der Waals surface area contributed by atoms with E-state index in [-0.39, 0.29) is 5.56 Å². The first-order chi connectivity index (χ1) is 11.7. The number of para-hydroxylation sites is 1. The van der Waals surface area contributed by atoms with Crippen LogP contribution in [0.4, 0.5) is 0 Å². The van der Waals surface area contributed by atoms with Crippen LogP contribution in [0.3, 0.4) is 0 Å². The maximum atomic E-state index is 13.1. The summed E-state index contributed by atoms with van der Waals surface area (Å²) >= 11 is 0. The molecule has 0 unspecified atom stereocenters. The Kier molecular flexibility index (Phi) is 3.41. The second-order valence-electron chi connectivity index (χ2n) is 5.78. The van der Waals surface area contributed by atoms with Crippen molar-refractivity contribution in [1.29, 1.82) is 0 Å². The molecule has 0 aliphatic rings. The Labute approximate surface area is 139 Å². The van der Waals surface area contributed by atoms with Crippen LogP contribution in [0.5, 0.6) is 0 Å². The molecule has 0 aliphatic heterocycles. The van der Waals surface area contributed by atoms with Gasteiger partial charge >= 0.3 is 0 Å². The number of hydrogen-bond donors (Lipinski definition) is 0. The molecule has 2 aromatic carbocycles. The van der Waals surface area contributed by atoms with E-state index in [0.717, 1.165) is 29.9 Å². The van der Waals surface area contributed by atoms with Gasteiger partial charge in [-0.25, -0.2) is 4.57 Å². The molecule has 24 heavy (non-hydrogen) atoms. The van der Waals surface area contributed by atoms with Crippen LogP contribution in [0.25, 0.3) is 22.4 Å². The van der Waals surface area contributed by atoms with E-state index in [9.17, 15) is 4.79 Å². The molecule has 0 bridgehead atoms. The number of rotatable bonds is 3. The summed E-state index contributed by atoms with van der Waals surface area (Å²) in [5, 5.41) is 9.24. The van der Waals surface area contributed by atoms with Gasteiger partial charge in [-0.3, -0.25) is 9.20 Å². The van der Waals surface area contributed by atoms with Gasteiger partial charge in [0, 0.05) is 6.42 Å². The first-order valence-corrected chi connectivity index (χ1v) is 8.21. The van der Waals surface area contributed by atoms with Gasteiger partial charge in [0.15, 0.2) is 0 Å². The van der Waals surface area contributed by atoms with Crippen LogP contribution in [0.15, 0.2) is 53.3 Å². The van der Waals surface area contributed by atoms with E-state index in [1.54, 1.807) is 4.57 Å². The molecule has 0 atom stereocenters. The number of aryl methyl sites for hydroxylation is 2. The molecule has 120 valence electrons. The molecular weight excluding hydrogens is 300 g/mol. The highest BCUT2D eigenvalue weighted by atomic mass is 16.1. The lowest BCUT2D eigenvalue weighted by Crippen LogP contribution is -2.22. The maximum absolute atomic E-state index is 13.1. The van der Waals surface area contributed by atoms with Crippen LogP contribution < -0.4 is 5.56 Å². The number of aromatic nitrogens is 4. The van der Waals surface area contributed by atoms with Gasteiger partial charge in [0.05, 0.1) is 16.6 Å². The average Bonchev–Trinajstić information content (AvgIpc) is 3.06. The summed E-state index contributed by atoms with van der Waals surface area (Å²) in [6, 6.07) is 15.6. The van der Waals surface area contributed by atoms with Gasteiger partial charge in [0.25, 0.3) is 5.56 Å². The second kappa shape index (κ2) is 5.60. The molecular formula is C19H18N4O. The molecule has 2 aromatic heterocycles. The smallest absolute Gasteiger partial charge is 0.267 e. The van der Waals surface area contributed by atoms with E-state index in [4.69, 9.17) is 0 Å². The Bertz CT molecular complexity index is 1090. The van der Waals surface area contributed by atoms with Crippen molar-refractivity contribution >= 4 is 16.7 Å². The molecule has 0 amide bonds. The van der Waals surface area contributed by atoms with Crippen molar-refractivity contribution in [2.75, 3.05) is 0 Å². The zero-order valence-corrected chi connectivity index (χ0v) is 13.7. The molecule has 0 spiro atoms. The van der Waals surface area contributed by atoms with Gasteiger partial charge < -0.3 is 0 Å². The molecule has 0 radical (unpaired) electrons. The first-order valence-electron chi connectivity index (χ1n) is 8.21. The third-order valence-corrected chi connectivity index (χ3v) is 4.41. The van der Waals surface area contributed by atoms with Crippen molar-refractivity contribution in [1.82, 2.24) is 19.2 Å². The quantitative estimate of drug-likeness (QED) is 0.583. The highest BCUT2D eigenvalue weighted by Gasteiger charge is 2.16. The minimum atomic E-state index is -0.0719. The molecule has 5 heteroatoms. The van der Waals surface area contributed by atoms with Gasteiger partial charge in [-0.05, 0) is 36.2 Å². The number of hydrogen-bond acceptors (Lipinski definition) is 3. The molecule has 0 saturated carbocycles. The molecule has 2 heterocycles. The number of benzene rings is 2. The fourth-order valence-corrected chi connectivity index (χ4v) is 3.10. The van der Waals surface area contributed by atoms with Gasteiger partial charge in [0.1, 0.15) is 5.82 Å². The lowest BCUT2D eigenvalue weighted by Gasteiger charge is -2.11. The normalized spacial score (nSPS) is 11.4. The van der Waals surface area contributed by atoms with Gasteiger partial charge in [0.2, 0.25) is 5.78 Å². The molecule has 0 saturated heterocycles. The van der Waals surface area contributed by atoms with E-state index >= 15 is 0 Å². The average molecular weight is 318 g/mol. The second-order valence-corrected chi connectivity index (χ2v) is 5.78. The summed E-state index contributed by atoms with van der Waals surface area (Å²) in [5.41, 5.74) is 2.82. The lowest BCUT2D eigenvalue weighted by atomic mass is 10.1. The standard InChI is InChI=1S/C19H18N4O/c1-3-13-9-11-14(12-10-13)22-18(24)15-7-5-6-8-16(15)23-17(4-2)20-21-19(22)23/h5-12H,3-4H2,1-2H3. The van der Waals surface area contributed by atoms with Crippen molar-refractivity contribution in [3.8, 4) is 5.69 Å². The molecule has 4 aromatic rings. The van der Waals surface area contributed by atoms with Gasteiger partial charge in [-0.1, -0.05) is 38.1 Å². The van der Waals surface area contributed by atoms with E-state index in [0.29, 0.717) is 11.2 Å². The van der Waals surface area contributed by atoms with Crippen LogP contribution >= 0.6 is 0 Å². The molecule has 4 rings (SSSR count). The van der Waals surface area contributed by atoms with Crippen LogP contribution in [-0.4, -0.2) is 19.2 Å². The number of fused-ring (bicyclic) bond motifs is 3. The Morgan fingerprint density at radius 2 is 1.67 bits per heavy atom. The van der Waals surface area contributed by atoms with Crippen LogP contribution in [0.2, 0.25) is 0 Å². The summed E-state index contributed by atoms with van der Waals surface area (Å²) in [6.07, 6.45) is 1.71. The summed E-state index contributed by atoms with van der Waals surface area (Å²) in [5.74, 6) is 1.40. The Morgan fingerprint density at radius 3 is 2.38 bits per heavy atom. The summed E-state index contributed by atoms with van der Waals surface area (Å²) in [4.78, 5) is 13.1. The van der Waals surface area contributed by atoms with Crippen molar-refractivity contribution in [2.24, 2.45) is 0 Å². The fourth-order valence-electron chi connectivity index (χ4n) is 3.10. The molecule has 0 aliphatic carbocycles. The topological polar surface area (TPSA) is 52.2 Å². The predicted octanol–water partition coefficient (Wildman–Crippen LogP) is 3.16. The highest BCUT2D eigenvalue weighted by Crippen LogP contribution is 2.18. The van der Waals surface area contributed by atoms with Crippen molar-refractivity contribution < 1.29 is 0 Å². The van der Waals surface area contributed by atoms with E-state index < -0.39 is 0 Å². The molecule has 0 fully saturated rings. The van der Waals surface area contributed by atoms with Gasteiger partial charge in [-0.2, -0.15) is 0 Å². The van der Waals surface area contributed by atoms with Crippen LogP contribution in [-0.2, 0) is 12.8 Å².